The van der Waals surface area contributed by atoms with Gasteiger partial charge in [-0.3, -0.25) is 4.79 Å². The summed E-state index contributed by atoms with van der Waals surface area (Å²) in [6.45, 7) is 10.3. The summed E-state index contributed by atoms with van der Waals surface area (Å²) in [6, 6.07) is 12.3. The molecule has 0 aliphatic carbocycles. The third-order valence-electron chi connectivity index (χ3n) is 4.62. The van der Waals surface area contributed by atoms with Gasteiger partial charge >= 0.3 is 0 Å². The van der Waals surface area contributed by atoms with E-state index in [1.165, 1.54) is 0 Å². The minimum absolute atomic E-state index is 0.0886. The average Bonchev–Trinajstić information content (AvgIpc) is 3.08. The molecule has 2 aromatic carbocycles. The molecule has 4 nitrogen and oxygen atoms in total. The maximum atomic E-state index is 12.2. The molecule has 3 rings (SSSR count). The number of aryl methyl sites for hydroxylation is 1. The van der Waals surface area contributed by atoms with E-state index in [2.05, 4.69) is 23.5 Å². The molecule has 0 aliphatic heterocycles. The molecule has 28 heavy (non-hydrogen) atoms. The molecule has 0 spiro atoms. The van der Waals surface area contributed by atoms with Crippen LogP contribution in [0.2, 0.25) is 0 Å². The normalized spacial score (nSPS) is 11.9. The topological polar surface area (TPSA) is 51.5 Å². The third-order valence-corrected chi connectivity index (χ3v) is 4.62. The van der Waals surface area contributed by atoms with E-state index in [-0.39, 0.29) is 11.9 Å². The lowest BCUT2D eigenvalue weighted by Gasteiger charge is -2.15. The Kier molecular flexibility index (Phi) is 5.88. The number of carbonyl (C=O) groups excluding carboxylic acids is 1. The van der Waals surface area contributed by atoms with Gasteiger partial charge in [-0.1, -0.05) is 30.3 Å². The number of hydrogen-bond donors (Lipinski definition) is 1. The smallest absolute Gasteiger partial charge is 0.244 e. The standard InChI is InChI=1S/C24H27NO3/c1-6-27-23-17(5)24-20(21(14-28-24)18-10-8-7-9-11-18)13-19(23)16(4)12-22(26)25-15(2)3/h7-15H,6H2,1-5H3,(H,25,26)/b16-12+. The molecular weight excluding hydrogens is 350 g/mol. The Labute approximate surface area is 166 Å². The second-order valence-corrected chi connectivity index (χ2v) is 7.19. The molecule has 0 atom stereocenters. The zero-order valence-corrected chi connectivity index (χ0v) is 17.1. The van der Waals surface area contributed by atoms with Crippen LogP contribution in [0.1, 0.15) is 38.8 Å². The first-order valence-corrected chi connectivity index (χ1v) is 9.64. The zero-order chi connectivity index (χ0) is 20.3. The number of furan rings is 1. The number of nitrogens with one attached hydrogen (secondary N) is 1. The van der Waals surface area contributed by atoms with Crippen molar-refractivity contribution >= 4 is 22.4 Å². The number of fused-ring (bicyclic) bond motifs is 1. The number of carbonyl (C=O) groups is 1. The molecular formula is C24H27NO3. The molecule has 1 heterocycles. The lowest BCUT2D eigenvalue weighted by Crippen LogP contribution is -2.28. The van der Waals surface area contributed by atoms with Gasteiger partial charge in [0.15, 0.2) is 0 Å². The number of ether oxygens (including phenoxy) is 1. The van der Waals surface area contributed by atoms with Crippen molar-refractivity contribution in [3.05, 3.63) is 59.9 Å². The van der Waals surface area contributed by atoms with Gasteiger partial charge in [0, 0.05) is 34.2 Å². The van der Waals surface area contributed by atoms with E-state index in [4.69, 9.17) is 9.15 Å². The van der Waals surface area contributed by atoms with Crippen LogP contribution in [-0.2, 0) is 4.79 Å². The summed E-state index contributed by atoms with van der Waals surface area (Å²) < 4.78 is 11.9. The molecule has 0 bridgehead atoms. The van der Waals surface area contributed by atoms with Crippen molar-refractivity contribution in [2.24, 2.45) is 0 Å². The van der Waals surface area contributed by atoms with Crippen molar-refractivity contribution in [2.45, 2.75) is 40.7 Å². The van der Waals surface area contributed by atoms with Crippen LogP contribution in [0.3, 0.4) is 0 Å². The van der Waals surface area contributed by atoms with Crippen LogP contribution in [0.25, 0.3) is 27.7 Å². The van der Waals surface area contributed by atoms with Crippen LogP contribution in [0.4, 0.5) is 0 Å². The van der Waals surface area contributed by atoms with Crippen LogP contribution in [0.5, 0.6) is 5.75 Å². The molecule has 0 fully saturated rings. The fourth-order valence-electron chi connectivity index (χ4n) is 3.38. The molecule has 4 heteroatoms. The van der Waals surface area contributed by atoms with E-state index in [0.29, 0.717) is 6.61 Å². The molecule has 1 aromatic heterocycles. The van der Waals surface area contributed by atoms with Gasteiger partial charge in [-0.2, -0.15) is 0 Å². The first-order chi connectivity index (χ1) is 13.4. The number of allylic oxidation sites excluding steroid dienone is 1. The Balaban J connectivity index is 2.18. The van der Waals surface area contributed by atoms with Gasteiger partial charge in [-0.05, 0) is 51.8 Å². The highest BCUT2D eigenvalue weighted by molar-refractivity contribution is 6.01. The van der Waals surface area contributed by atoms with Crippen LogP contribution in [-0.4, -0.2) is 18.6 Å². The van der Waals surface area contributed by atoms with Crippen LogP contribution in [0, 0.1) is 6.92 Å². The molecule has 0 aliphatic rings. The third kappa shape index (κ3) is 3.96. The van der Waals surface area contributed by atoms with Gasteiger partial charge in [0.2, 0.25) is 5.91 Å². The fraction of sp³-hybridized carbons (Fsp3) is 0.292. The lowest BCUT2D eigenvalue weighted by atomic mass is 9.96. The summed E-state index contributed by atoms with van der Waals surface area (Å²) in [4.78, 5) is 12.2. The van der Waals surface area contributed by atoms with Crippen molar-refractivity contribution < 1.29 is 13.9 Å². The summed E-state index contributed by atoms with van der Waals surface area (Å²) in [5, 5.41) is 3.92. The van der Waals surface area contributed by atoms with E-state index in [0.717, 1.165) is 44.5 Å². The highest BCUT2D eigenvalue weighted by Crippen LogP contribution is 2.40. The lowest BCUT2D eigenvalue weighted by molar-refractivity contribution is -0.116. The van der Waals surface area contributed by atoms with Gasteiger partial charge in [0.25, 0.3) is 0 Å². The van der Waals surface area contributed by atoms with Crippen molar-refractivity contribution in [1.29, 1.82) is 0 Å². The SMILES string of the molecule is CCOc1c(/C(C)=C/C(=O)NC(C)C)cc2c(-c3ccccc3)coc2c1C. The van der Waals surface area contributed by atoms with Gasteiger partial charge in [0.05, 0.1) is 12.9 Å². The number of amides is 1. The predicted octanol–water partition coefficient (Wildman–Crippen LogP) is 5.73. The van der Waals surface area contributed by atoms with Crippen molar-refractivity contribution in [1.82, 2.24) is 5.32 Å². The molecule has 1 amide bonds. The minimum Gasteiger partial charge on any atom is -0.493 e. The Hall–Kier alpha value is -3.01. The van der Waals surface area contributed by atoms with Crippen molar-refractivity contribution in [2.75, 3.05) is 6.61 Å². The van der Waals surface area contributed by atoms with E-state index in [1.54, 1.807) is 12.3 Å². The fourth-order valence-corrected chi connectivity index (χ4v) is 3.38. The first kappa shape index (κ1) is 19.7. The molecule has 3 aromatic rings. The Bertz CT molecular complexity index is 1010. The van der Waals surface area contributed by atoms with Gasteiger partial charge in [-0.15, -0.1) is 0 Å². The minimum atomic E-state index is -0.108. The Morgan fingerprint density at radius 2 is 1.96 bits per heavy atom. The van der Waals surface area contributed by atoms with Gasteiger partial charge in [0.1, 0.15) is 11.3 Å². The molecule has 0 saturated carbocycles. The molecule has 146 valence electrons. The van der Waals surface area contributed by atoms with Crippen LogP contribution >= 0.6 is 0 Å². The average molecular weight is 377 g/mol. The summed E-state index contributed by atoms with van der Waals surface area (Å²) in [5.74, 6) is 0.651. The maximum Gasteiger partial charge on any atom is 0.244 e. The second kappa shape index (κ2) is 8.34. The van der Waals surface area contributed by atoms with Gasteiger partial charge in [-0.25, -0.2) is 0 Å². The highest BCUT2D eigenvalue weighted by atomic mass is 16.5. The first-order valence-electron chi connectivity index (χ1n) is 9.64. The monoisotopic (exact) mass is 377 g/mol. The molecule has 0 radical (unpaired) electrons. The van der Waals surface area contributed by atoms with E-state index in [9.17, 15) is 4.79 Å². The summed E-state index contributed by atoms with van der Waals surface area (Å²) in [7, 11) is 0. The molecule has 0 unspecified atom stereocenters. The summed E-state index contributed by atoms with van der Waals surface area (Å²) >= 11 is 0. The number of hydrogen-bond acceptors (Lipinski definition) is 3. The summed E-state index contributed by atoms with van der Waals surface area (Å²) in [5.41, 5.74) is 5.63. The largest absolute Gasteiger partial charge is 0.493 e. The Morgan fingerprint density at radius 1 is 1.25 bits per heavy atom. The number of benzene rings is 2. The van der Waals surface area contributed by atoms with E-state index >= 15 is 0 Å². The van der Waals surface area contributed by atoms with Gasteiger partial charge < -0.3 is 14.5 Å². The molecule has 1 N–H and O–H groups in total. The van der Waals surface area contributed by atoms with Crippen LogP contribution < -0.4 is 10.1 Å². The van der Waals surface area contributed by atoms with Crippen molar-refractivity contribution in [3.63, 3.8) is 0 Å². The van der Waals surface area contributed by atoms with Crippen molar-refractivity contribution in [3.8, 4) is 16.9 Å². The Morgan fingerprint density at radius 3 is 2.61 bits per heavy atom. The second-order valence-electron chi connectivity index (χ2n) is 7.19. The van der Waals surface area contributed by atoms with E-state index in [1.807, 2.05) is 52.8 Å². The van der Waals surface area contributed by atoms with Crippen LogP contribution in [0.15, 0.2) is 53.2 Å². The van der Waals surface area contributed by atoms with E-state index < -0.39 is 0 Å². The quantitative estimate of drug-likeness (QED) is 0.558. The molecule has 0 saturated heterocycles. The zero-order valence-electron chi connectivity index (χ0n) is 17.1. The number of rotatable bonds is 6. The summed E-state index contributed by atoms with van der Waals surface area (Å²) in [6.07, 6.45) is 3.42. The maximum absolute atomic E-state index is 12.2. The predicted molar refractivity (Wildman–Crippen MR) is 114 cm³/mol. The highest BCUT2D eigenvalue weighted by Gasteiger charge is 2.19.